The molecule has 0 amide bonds. The Balaban J connectivity index is 1.62. The standard InChI is InChI=1S/C32H40N2P2/c1-29(2,3)32(36,30-19-22-16-23(20-30)18-24(17-22)21-30)26-11-5-4-10-25(26)31(35,27-12-6-8-14-33-27)28-13-7-9-15-34-28/h4-15,22-24H,16-21,35-36H2,1-3H3. The van der Waals surface area contributed by atoms with Crippen molar-refractivity contribution in [2.24, 2.45) is 28.6 Å². The molecule has 0 saturated heterocycles. The predicted octanol–water partition coefficient (Wildman–Crippen LogP) is 7.98. The van der Waals surface area contributed by atoms with Crippen LogP contribution in [0.4, 0.5) is 0 Å². The molecule has 0 aliphatic heterocycles. The summed E-state index contributed by atoms with van der Waals surface area (Å²) in [5.74, 6) is 2.70. The van der Waals surface area contributed by atoms with Crippen molar-refractivity contribution in [2.45, 2.75) is 69.6 Å². The summed E-state index contributed by atoms with van der Waals surface area (Å²) in [4.78, 5) is 9.83. The minimum Gasteiger partial charge on any atom is -0.260 e. The van der Waals surface area contributed by atoms with Crippen molar-refractivity contribution in [3.05, 3.63) is 95.6 Å². The molecule has 3 unspecified atom stereocenters. The topological polar surface area (TPSA) is 25.8 Å². The maximum atomic E-state index is 4.91. The molecule has 0 N–H and O–H groups in total. The van der Waals surface area contributed by atoms with E-state index < -0.39 is 5.16 Å². The lowest BCUT2D eigenvalue weighted by Crippen LogP contribution is -2.59. The van der Waals surface area contributed by atoms with E-state index in [9.17, 15) is 0 Å². The fourth-order valence-corrected chi connectivity index (χ4v) is 10.0. The lowest BCUT2D eigenvalue weighted by molar-refractivity contribution is -0.101. The summed E-state index contributed by atoms with van der Waals surface area (Å²) < 4.78 is 0. The molecule has 3 aromatic rings. The van der Waals surface area contributed by atoms with Crippen molar-refractivity contribution in [3.63, 3.8) is 0 Å². The van der Waals surface area contributed by atoms with Crippen molar-refractivity contribution < 1.29 is 0 Å². The fourth-order valence-electron chi connectivity index (χ4n) is 8.85. The molecule has 4 heteroatoms. The molecule has 1 aromatic carbocycles. The highest BCUT2D eigenvalue weighted by Gasteiger charge is 2.63. The van der Waals surface area contributed by atoms with Gasteiger partial charge in [0.2, 0.25) is 0 Å². The number of aromatic nitrogens is 2. The quantitative estimate of drug-likeness (QED) is 0.323. The lowest BCUT2D eigenvalue weighted by Gasteiger charge is -2.67. The first-order valence-corrected chi connectivity index (χ1v) is 14.8. The van der Waals surface area contributed by atoms with Gasteiger partial charge in [-0.25, -0.2) is 0 Å². The molecule has 4 aliphatic carbocycles. The molecule has 3 atom stereocenters. The zero-order chi connectivity index (χ0) is 25.2. The van der Waals surface area contributed by atoms with E-state index in [1.165, 1.54) is 49.7 Å². The molecule has 2 nitrogen and oxygen atoms in total. The molecular formula is C32H40N2P2. The zero-order valence-corrected chi connectivity index (χ0v) is 24.3. The number of hydrogen-bond acceptors (Lipinski definition) is 2. The normalized spacial score (nSPS) is 29.2. The van der Waals surface area contributed by atoms with E-state index in [-0.39, 0.29) is 10.6 Å². The van der Waals surface area contributed by atoms with Gasteiger partial charge in [-0.15, -0.1) is 18.5 Å². The van der Waals surface area contributed by atoms with Gasteiger partial charge in [-0.3, -0.25) is 9.97 Å². The second-order valence-corrected chi connectivity index (χ2v) is 14.8. The molecule has 4 bridgehead atoms. The molecule has 4 fully saturated rings. The highest BCUT2D eigenvalue weighted by Crippen LogP contribution is 2.73. The average Bonchev–Trinajstić information content (AvgIpc) is 2.87. The van der Waals surface area contributed by atoms with Crippen LogP contribution in [0.1, 0.15) is 81.8 Å². The van der Waals surface area contributed by atoms with E-state index in [0.717, 1.165) is 29.1 Å². The Morgan fingerprint density at radius 1 is 0.667 bits per heavy atom. The third kappa shape index (κ3) is 3.58. The lowest BCUT2D eigenvalue weighted by atomic mass is 9.42. The van der Waals surface area contributed by atoms with Crippen molar-refractivity contribution in [2.75, 3.05) is 0 Å². The van der Waals surface area contributed by atoms with Crippen LogP contribution in [0.5, 0.6) is 0 Å². The van der Waals surface area contributed by atoms with Crippen LogP contribution >= 0.6 is 18.5 Å². The first kappa shape index (κ1) is 24.7. The van der Waals surface area contributed by atoms with Gasteiger partial charge in [-0.1, -0.05) is 57.2 Å². The third-order valence-electron chi connectivity index (χ3n) is 9.97. The molecule has 7 rings (SSSR count). The van der Waals surface area contributed by atoms with Gasteiger partial charge < -0.3 is 0 Å². The largest absolute Gasteiger partial charge is 0.260 e. The van der Waals surface area contributed by atoms with Crippen LogP contribution < -0.4 is 0 Å². The van der Waals surface area contributed by atoms with Gasteiger partial charge in [0.25, 0.3) is 0 Å². The van der Waals surface area contributed by atoms with E-state index >= 15 is 0 Å². The molecule has 4 aliphatic rings. The Morgan fingerprint density at radius 2 is 1.11 bits per heavy atom. The monoisotopic (exact) mass is 514 g/mol. The fraction of sp³-hybridized carbons (Fsp3) is 0.500. The van der Waals surface area contributed by atoms with Crippen LogP contribution in [0, 0.1) is 28.6 Å². The minimum absolute atomic E-state index is 0.0576. The van der Waals surface area contributed by atoms with Crippen molar-refractivity contribution >= 4 is 18.5 Å². The third-order valence-corrected chi connectivity index (χ3v) is 12.7. The first-order valence-electron chi connectivity index (χ1n) is 13.7. The molecule has 188 valence electrons. The second kappa shape index (κ2) is 8.71. The van der Waals surface area contributed by atoms with Crippen LogP contribution in [-0.2, 0) is 10.3 Å². The minimum atomic E-state index is -0.533. The van der Waals surface area contributed by atoms with Crippen molar-refractivity contribution in [3.8, 4) is 0 Å². The van der Waals surface area contributed by atoms with Crippen LogP contribution in [0.15, 0.2) is 73.1 Å². The number of nitrogens with zero attached hydrogens (tertiary/aromatic N) is 2. The second-order valence-electron chi connectivity index (χ2n) is 13.0. The molecule has 2 aromatic heterocycles. The van der Waals surface area contributed by atoms with Gasteiger partial charge in [-0.2, -0.15) is 0 Å². The summed E-state index contributed by atoms with van der Waals surface area (Å²) in [6, 6.07) is 21.8. The van der Waals surface area contributed by atoms with Crippen molar-refractivity contribution in [1.29, 1.82) is 0 Å². The van der Waals surface area contributed by atoms with E-state index in [2.05, 4.69) is 87.8 Å². The first-order chi connectivity index (χ1) is 17.2. The van der Waals surface area contributed by atoms with Gasteiger partial charge in [0.1, 0.15) is 0 Å². The number of pyridine rings is 2. The Labute approximate surface area is 221 Å². The average molecular weight is 515 g/mol. The van der Waals surface area contributed by atoms with E-state index in [0.29, 0.717) is 5.41 Å². The molecule has 2 heterocycles. The smallest absolute Gasteiger partial charge is 0.0936 e. The highest BCUT2D eigenvalue weighted by molar-refractivity contribution is 7.19. The molecule has 0 spiro atoms. The Kier molecular flexibility index (Phi) is 5.98. The summed E-state index contributed by atoms with van der Waals surface area (Å²) in [7, 11) is 6.73. The highest BCUT2D eigenvalue weighted by atomic mass is 31.0. The predicted molar refractivity (Wildman–Crippen MR) is 156 cm³/mol. The van der Waals surface area contributed by atoms with Crippen LogP contribution in [0.25, 0.3) is 0 Å². The maximum absolute atomic E-state index is 4.91. The van der Waals surface area contributed by atoms with Gasteiger partial charge in [0, 0.05) is 17.5 Å². The number of hydrogen-bond donors (Lipinski definition) is 0. The van der Waals surface area contributed by atoms with E-state index in [1.54, 1.807) is 0 Å². The SMILES string of the molecule is CC(C)(C)C(P)(c1ccccc1C(P)(c1ccccn1)c1ccccn1)C12CC3CC(CC(C3)C1)C2. The molecule has 36 heavy (non-hydrogen) atoms. The number of rotatable bonds is 5. The Hall–Kier alpha value is -1.62. The van der Waals surface area contributed by atoms with Gasteiger partial charge in [0.15, 0.2) is 0 Å². The summed E-state index contributed by atoms with van der Waals surface area (Å²) in [6.07, 6.45) is 12.3. The van der Waals surface area contributed by atoms with E-state index in [1.807, 2.05) is 24.5 Å². The molecule has 0 radical (unpaired) electrons. The molecular weight excluding hydrogens is 474 g/mol. The number of benzene rings is 1. The van der Waals surface area contributed by atoms with Crippen LogP contribution in [-0.4, -0.2) is 9.97 Å². The summed E-state index contributed by atoms with van der Waals surface area (Å²) in [5, 5.41) is -0.591. The summed E-state index contributed by atoms with van der Waals surface area (Å²) in [6.45, 7) is 7.42. The van der Waals surface area contributed by atoms with Crippen LogP contribution in [0.3, 0.4) is 0 Å². The summed E-state index contributed by atoms with van der Waals surface area (Å²) >= 11 is 0. The Morgan fingerprint density at radius 3 is 1.53 bits per heavy atom. The summed E-state index contributed by atoms with van der Waals surface area (Å²) in [5.41, 5.74) is 5.18. The Bertz CT molecular complexity index is 1160. The van der Waals surface area contributed by atoms with E-state index in [4.69, 9.17) is 9.97 Å². The zero-order valence-electron chi connectivity index (χ0n) is 22.0. The van der Waals surface area contributed by atoms with Crippen molar-refractivity contribution in [1.82, 2.24) is 9.97 Å². The maximum Gasteiger partial charge on any atom is 0.0936 e. The van der Waals surface area contributed by atoms with Gasteiger partial charge >= 0.3 is 0 Å². The van der Waals surface area contributed by atoms with Gasteiger partial charge in [0.05, 0.1) is 16.5 Å². The van der Waals surface area contributed by atoms with Gasteiger partial charge in [-0.05, 0) is 103 Å². The molecule has 4 saturated carbocycles. The van der Waals surface area contributed by atoms with Crippen LogP contribution in [0.2, 0.25) is 0 Å².